The first-order valence-corrected chi connectivity index (χ1v) is 7.21. The molecule has 0 atom stereocenters. The fourth-order valence-electron chi connectivity index (χ4n) is 1.96. The number of fused-ring (bicyclic) bond motifs is 1. The van der Waals surface area contributed by atoms with Gasteiger partial charge in [-0.2, -0.15) is 14.9 Å². The normalized spacial score (nSPS) is 14.4. The van der Waals surface area contributed by atoms with Gasteiger partial charge in [-0.3, -0.25) is 5.10 Å². The second-order valence-electron chi connectivity index (χ2n) is 4.51. The summed E-state index contributed by atoms with van der Waals surface area (Å²) in [4.78, 5) is 0. The van der Waals surface area contributed by atoms with Crippen molar-refractivity contribution in [2.45, 2.75) is 13.3 Å². The molecule has 1 aromatic heterocycles. The van der Waals surface area contributed by atoms with Crippen LogP contribution in [-0.2, 0) is 0 Å². The summed E-state index contributed by atoms with van der Waals surface area (Å²) in [6.45, 7) is 3.02. The molecule has 0 amide bonds. The number of nitrogens with zero attached hydrogens (tertiary/aromatic N) is 3. The number of aryl methyl sites for hydroxylation is 1. The maximum Gasteiger partial charge on any atom is 0.216 e. The molecule has 0 aliphatic carbocycles. The Kier molecular flexibility index (Phi) is 3.94. The second kappa shape index (κ2) is 5.87. The molecule has 2 heterocycles. The van der Waals surface area contributed by atoms with Gasteiger partial charge >= 0.3 is 0 Å². The molecule has 110 valence electrons. The molecule has 0 unspecified atom stereocenters. The zero-order chi connectivity index (χ0) is 14.8. The summed E-state index contributed by atoms with van der Waals surface area (Å²) in [5.74, 6) is 1.90. The molecule has 0 saturated carbocycles. The largest absolute Gasteiger partial charge is 0.489 e. The average Bonchev–Trinajstić information content (AvgIpc) is 2.67. The Morgan fingerprint density at radius 3 is 3.00 bits per heavy atom. The van der Waals surface area contributed by atoms with Crippen molar-refractivity contribution in [3.8, 4) is 11.5 Å². The van der Waals surface area contributed by atoms with Crippen molar-refractivity contribution in [1.29, 1.82) is 0 Å². The van der Waals surface area contributed by atoms with Crippen molar-refractivity contribution < 1.29 is 9.47 Å². The van der Waals surface area contributed by atoms with Crippen LogP contribution in [0.5, 0.6) is 11.5 Å². The third kappa shape index (κ3) is 2.93. The molecule has 1 N–H and O–H groups in total. The number of halogens is 1. The minimum Gasteiger partial charge on any atom is -0.489 e. The summed E-state index contributed by atoms with van der Waals surface area (Å²) in [7, 11) is 0. The molecule has 0 radical (unpaired) electrons. The number of H-pyrrole nitrogens is 1. The molecule has 8 heteroatoms. The Labute approximate surface area is 131 Å². The molecule has 21 heavy (non-hydrogen) atoms. The molecule has 1 aliphatic rings. The van der Waals surface area contributed by atoms with Gasteiger partial charge in [-0.1, -0.05) is 11.6 Å². The number of benzene rings is 1. The van der Waals surface area contributed by atoms with Crippen LogP contribution in [-0.4, -0.2) is 34.3 Å². The fourth-order valence-corrected chi connectivity index (χ4v) is 2.45. The van der Waals surface area contributed by atoms with E-state index in [0.29, 0.717) is 40.3 Å². The van der Waals surface area contributed by atoms with Gasteiger partial charge in [-0.25, -0.2) is 0 Å². The van der Waals surface area contributed by atoms with Gasteiger partial charge in [0.15, 0.2) is 11.5 Å². The Bertz CT molecular complexity index is 753. The zero-order valence-corrected chi connectivity index (χ0v) is 12.9. The van der Waals surface area contributed by atoms with E-state index < -0.39 is 0 Å². The smallest absolute Gasteiger partial charge is 0.216 e. The van der Waals surface area contributed by atoms with E-state index >= 15 is 0 Å². The minimum absolute atomic E-state index is 0.434. The SMILES string of the molecule is Cc1n[nH]c(=S)n1/N=C\c1cc(Cl)c2c(c1)OCCCO2. The lowest BCUT2D eigenvalue weighted by Gasteiger charge is -2.09. The Morgan fingerprint density at radius 1 is 1.43 bits per heavy atom. The number of aromatic amines is 1. The van der Waals surface area contributed by atoms with Gasteiger partial charge < -0.3 is 9.47 Å². The standard InChI is InChI=1S/C13H13ClN4O2S/c1-8-16-17-13(21)18(8)15-7-9-5-10(14)12-11(6-9)19-3-2-4-20-12/h5-7H,2-4H2,1H3,(H,17,21)/b15-7-. The Morgan fingerprint density at radius 2 is 2.24 bits per heavy atom. The van der Waals surface area contributed by atoms with Gasteiger partial charge in [0, 0.05) is 6.42 Å². The maximum absolute atomic E-state index is 6.23. The number of hydrogen-bond donors (Lipinski definition) is 1. The molecule has 0 fully saturated rings. The van der Waals surface area contributed by atoms with Gasteiger partial charge in [0.25, 0.3) is 0 Å². The van der Waals surface area contributed by atoms with E-state index in [-0.39, 0.29) is 0 Å². The predicted octanol–water partition coefficient (Wildman–Crippen LogP) is 2.95. The zero-order valence-electron chi connectivity index (χ0n) is 11.3. The number of ether oxygens (including phenoxy) is 2. The van der Waals surface area contributed by atoms with E-state index in [1.165, 1.54) is 4.68 Å². The van der Waals surface area contributed by atoms with Crippen molar-refractivity contribution in [2.24, 2.45) is 5.10 Å². The molecule has 0 saturated heterocycles. The first-order chi connectivity index (χ1) is 10.1. The van der Waals surface area contributed by atoms with E-state index in [9.17, 15) is 0 Å². The van der Waals surface area contributed by atoms with E-state index in [1.807, 2.05) is 13.0 Å². The first kappa shape index (κ1) is 14.1. The van der Waals surface area contributed by atoms with Crippen LogP contribution >= 0.6 is 23.8 Å². The maximum atomic E-state index is 6.23. The number of nitrogens with one attached hydrogen (secondary N) is 1. The summed E-state index contributed by atoms with van der Waals surface area (Å²) in [5.41, 5.74) is 0.798. The van der Waals surface area contributed by atoms with Crippen molar-refractivity contribution in [1.82, 2.24) is 14.9 Å². The van der Waals surface area contributed by atoms with E-state index in [4.69, 9.17) is 33.3 Å². The number of rotatable bonds is 2. The molecular weight excluding hydrogens is 312 g/mol. The van der Waals surface area contributed by atoms with Crippen LogP contribution in [0.25, 0.3) is 0 Å². The van der Waals surface area contributed by atoms with Crippen LogP contribution in [0, 0.1) is 11.7 Å². The van der Waals surface area contributed by atoms with Crippen molar-refractivity contribution in [2.75, 3.05) is 13.2 Å². The van der Waals surface area contributed by atoms with Gasteiger partial charge in [-0.15, -0.1) is 0 Å². The van der Waals surface area contributed by atoms with Crippen LogP contribution in [0.1, 0.15) is 17.8 Å². The quantitative estimate of drug-likeness (QED) is 0.681. The van der Waals surface area contributed by atoms with Crippen LogP contribution in [0.4, 0.5) is 0 Å². The topological polar surface area (TPSA) is 64.4 Å². The van der Waals surface area contributed by atoms with Crippen molar-refractivity contribution in [3.63, 3.8) is 0 Å². The Hall–Kier alpha value is -1.86. The third-order valence-electron chi connectivity index (χ3n) is 2.96. The summed E-state index contributed by atoms with van der Waals surface area (Å²) in [6.07, 6.45) is 2.48. The van der Waals surface area contributed by atoms with Crippen LogP contribution < -0.4 is 9.47 Å². The first-order valence-electron chi connectivity index (χ1n) is 6.42. The predicted molar refractivity (Wildman–Crippen MR) is 82.2 cm³/mol. The third-order valence-corrected chi connectivity index (χ3v) is 3.50. The highest BCUT2D eigenvalue weighted by atomic mass is 35.5. The van der Waals surface area contributed by atoms with Crippen LogP contribution in [0.3, 0.4) is 0 Å². The van der Waals surface area contributed by atoms with Crippen molar-refractivity contribution >= 4 is 30.0 Å². The summed E-state index contributed by atoms with van der Waals surface area (Å²) < 4.78 is 13.2. The van der Waals surface area contributed by atoms with Crippen LogP contribution in [0.2, 0.25) is 5.02 Å². The average molecular weight is 325 g/mol. The van der Waals surface area contributed by atoms with E-state index in [1.54, 1.807) is 12.3 Å². The molecule has 0 spiro atoms. The highest BCUT2D eigenvalue weighted by Gasteiger charge is 2.15. The summed E-state index contributed by atoms with van der Waals surface area (Å²) in [6, 6.07) is 3.62. The summed E-state index contributed by atoms with van der Waals surface area (Å²) >= 11 is 11.3. The van der Waals surface area contributed by atoms with E-state index in [2.05, 4.69) is 15.3 Å². The molecular formula is C13H13ClN4O2S. The number of aromatic nitrogens is 3. The fraction of sp³-hybridized carbons (Fsp3) is 0.308. The Balaban J connectivity index is 1.95. The number of hydrogen-bond acceptors (Lipinski definition) is 5. The van der Waals surface area contributed by atoms with Crippen molar-refractivity contribution in [3.05, 3.63) is 33.3 Å². The highest BCUT2D eigenvalue weighted by molar-refractivity contribution is 7.71. The highest BCUT2D eigenvalue weighted by Crippen LogP contribution is 2.37. The van der Waals surface area contributed by atoms with Crippen LogP contribution in [0.15, 0.2) is 17.2 Å². The summed E-state index contributed by atoms with van der Waals surface area (Å²) in [5, 5.41) is 11.5. The van der Waals surface area contributed by atoms with Gasteiger partial charge in [0.1, 0.15) is 5.82 Å². The molecule has 3 rings (SSSR count). The molecule has 1 aromatic carbocycles. The van der Waals surface area contributed by atoms with E-state index in [0.717, 1.165) is 12.0 Å². The minimum atomic E-state index is 0.434. The van der Waals surface area contributed by atoms with Gasteiger partial charge in [-0.05, 0) is 36.8 Å². The monoisotopic (exact) mass is 324 g/mol. The molecule has 2 aromatic rings. The van der Waals surface area contributed by atoms with Gasteiger partial charge in [0.05, 0.1) is 24.5 Å². The lowest BCUT2D eigenvalue weighted by molar-refractivity contribution is 0.297. The molecule has 0 bridgehead atoms. The molecule has 6 nitrogen and oxygen atoms in total. The molecule has 1 aliphatic heterocycles. The lowest BCUT2D eigenvalue weighted by atomic mass is 10.2. The van der Waals surface area contributed by atoms with Gasteiger partial charge in [0.2, 0.25) is 4.77 Å². The lowest BCUT2D eigenvalue weighted by Crippen LogP contribution is -1.97. The second-order valence-corrected chi connectivity index (χ2v) is 5.31.